The van der Waals surface area contributed by atoms with E-state index >= 15 is 0 Å². The third kappa shape index (κ3) is 3.74. The third-order valence-corrected chi connectivity index (χ3v) is 4.42. The Morgan fingerprint density at radius 3 is 2.52 bits per heavy atom. The number of nitrogens with zero attached hydrogens (tertiary/aromatic N) is 1. The number of nitrogen functional groups attached to an aromatic ring is 1. The van der Waals surface area contributed by atoms with Gasteiger partial charge in [0.2, 0.25) is 0 Å². The highest BCUT2D eigenvalue weighted by Gasteiger charge is 2.20. The van der Waals surface area contributed by atoms with Crippen molar-refractivity contribution in [1.29, 1.82) is 0 Å². The summed E-state index contributed by atoms with van der Waals surface area (Å²) in [4.78, 5) is 2.40. The Hall–Kier alpha value is -1.58. The molecule has 1 aromatic rings. The number of nitrogens with two attached hydrogens (primary N) is 1. The van der Waals surface area contributed by atoms with Gasteiger partial charge in [0.1, 0.15) is 0 Å². The van der Waals surface area contributed by atoms with E-state index in [9.17, 15) is 0 Å². The second kappa shape index (κ2) is 7.43. The molecule has 21 heavy (non-hydrogen) atoms. The molecule has 1 aliphatic rings. The molecule has 1 fully saturated rings. The molecule has 0 amide bonds. The topological polar surface area (TPSA) is 47.7 Å². The van der Waals surface area contributed by atoms with Gasteiger partial charge >= 0.3 is 0 Å². The minimum absolute atomic E-state index is 0.692. The van der Waals surface area contributed by atoms with Crippen LogP contribution in [0.4, 0.5) is 11.4 Å². The fourth-order valence-electron chi connectivity index (χ4n) is 3.26. The smallest absolute Gasteiger partial charge is 0.162 e. The van der Waals surface area contributed by atoms with Crippen molar-refractivity contribution in [3.05, 3.63) is 12.1 Å². The quantitative estimate of drug-likeness (QED) is 0.841. The fourth-order valence-corrected chi connectivity index (χ4v) is 3.26. The van der Waals surface area contributed by atoms with Crippen LogP contribution in [0.25, 0.3) is 0 Å². The van der Waals surface area contributed by atoms with Crippen molar-refractivity contribution in [3.63, 3.8) is 0 Å². The molecule has 0 spiro atoms. The summed E-state index contributed by atoms with van der Waals surface area (Å²) in [5.74, 6) is 2.30. The largest absolute Gasteiger partial charge is 0.493 e. The number of benzene rings is 1. The molecule has 1 heterocycles. The van der Waals surface area contributed by atoms with E-state index in [1.54, 1.807) is 14.2 Å². The maximum absolute atomic E-state index is 6.22. The van der Waals surface area contributed by atoms with E-state index in [1.807, 2.05) is 12.1 Å². The van der Waals surface area contributed by atoms with Gasteiger partial charge in [-0.3, -0.25) is 0 Å². The van der Waals surface area contributed by atoms with Gasteiger partial charge in [0.15, 0.2) is 11.5 Å². The molecule has 1 aliphatic heterocycles. The van der Waals surface area contributed by atoms with Crippen LogP contribution in [0.3, 0.4) is 0 Å². The lowest BCUT2D eigenvalue weighted by Gasteiger charge is -2.25. The van der Waals surface area contributed by atoms with Gasteiger partial charge in [-0.25, -0.2) is 0 Å². The van der Waals surface area contributed by atoms with Gasteiger partial charge in [-0.15, -0.1) is 0 Å². The van der Waals surface area contributed by atoms with Crippen LogP contribution >= 0.6 is 0 Å². The van der Waals surface area contributed by atoms with E-state index in [0.29, 0.717) is 5.75 Å². The van der Waals surface area contributed by atoms with Gasteiger partial charge < -0.3 is 20.1 Å². The molecule has 0 radical (unpaired) electrons. The lowest BCUT2D eigenvalue weighted by atomic mass is 9.96. The van der Waals surface area contributed by atoms with Gasteiger partial charge in [0.25, 0.3) is 0 Å². The van der Waals surface area contributed by atoms with Crippen molar-refractivity contribution < 1.29 is 9.47 Å². The zero-order chi connectivity index (χ0) is 15.2. The van der Waals surface area contributed by atoms with Crippen LogP contribution < -0.4 is 20.1 Å². The number of ether oxygens (including phenoxy) is 2. The Bertz CT molecular complexity index is 462. The Labute approximate surface area is 128 Å². The number of rotatable bonds is 5. The normalized spacial score (nSPS) is 19.2. The molecule has 0 saturated carbocycles. The average molecular weight is 292 g/mol. The SMILES string of the molecule is CCCC1CCCN(c2cc(OC)c(OC)cc2N)CC1. The van der Waals surface area contributed by atoms with E-state index in [-0.39, 0.29) is 0 Å². The van der Waals surface area contributed by atoms with Crippen LogP contribution in [0.2, 0.25) is 0 Å². The Balaban J connectivity index is 2.17. The number of hydrogen-bond acceptors (Lipinski definition) is 4. The summed E-state index contributed by atoms with van der Waals surface area (Å²) >= 11 is 0. The first kappa shape index (κ1) is 15.8. The summed E-state index contributed by atoms with van der Waals surface area (Å²) in [6.07, 6.45) is 6.44. The Morgan fingerprint density at radius 2 is 1.86 bits per heavy atom. The maximum atomic E-state index is 6.22. The molecule has 4 heteroatoms. The molecular weight excluding hydrogens is 264 g/mol. The molecule has 1 saturated heterocycles. The van der Waals surface area contributed by atoms with E-state index in [2.05, 4.69) is 11.8 Å². The maximum Gasteiger partial charge on any atom is 0.162 e. The monoisotopic (exact) mass is 292 g/mol. The molecule has 118 valence electrons. The van der Waals surface area contributed by atoms with Gasteiger partial charge in [-0.1, -0.05) is 19.8 Å². The standard InChI is InChI=1S/C17H28N2O2/c1-4-6-13-7-5-9-19(10-8-13)15-12-17(21-3)16(20-2)11-14(15)18/h11-13H,4-10,18H2,1-3H3. The van der Waals surface area contributed by atoms with E-state index in [0.717, 1.165) is 36.1 Å². The van der Waals surface area contributed by atoms with Crippen LogP contribution in [0.15, 0.2) is 12.1 Å². The lowest BCUT2D eigenvalue weighted by Crippen LogP contribution is -2.25. The minimum atomic E-state index is 0.692. The second-order valence-corrected chi connectivity index (χ2v) is 5.84. The van der Waals surface area contributed by atoms with Crippen LogP contribution in [0.1, 0.15) is 39.0 Å². The number of hydrogen-bond donors (Lipinski definition) is 1. The summed E-state index contributed by atoms with van der Waals surface area (Å²) < 4.78 is 10.7. The van der Waals surface area contributed by atoms with Crippen molar-refractivity contribution >= 4 is 11.4 Å². The molecule has 0 bridgehead atoms. The first-order chi connectivity index (χ1) is 10.2. The molecule has 1 aromatic carbocycles. The van der Waals surface area contributed by atoms with Crippen molar-refractivity contribution in [1.82, 2.24) is 0 Å². The predicted molar refractivity (Wildman–Crippen MR) is 88.4 cm³/mol. The van der Waals surface area contributed by atoms with Gasteiger partial charge in [0.05, 0.1) is 25.6 Å². The molecule has 1 unspecified atom stereocenters. The average Bonchev–Trinajstić information content (AvgIpc) is 2.73. The first-order valence-corrected chi connectivity index (χ1v) is 7.96. The first-order valence-electron chi connectivity index (χ1n) is 7.96. The molecule has 2 rings (SSSR count). The zero-order valence-corrected chi connectivity index (χ0v) is 13.5. The van der Waals surface area contributed by atoms with Crippen LogP contribution in [0.5, 0.6) is 11.5 Å². The summed E-state index contributed by atoms with van der Waals surface area (Å²) in [7, 11) is 3.30. The highest BCUT2D eigenvalue weighted by Crippen LogP contribution is 2.38. The molecular formula is C17H28N2O2. The van der Waals surface area contributed by atoms with Gasteiger partial charge in [0, 0.05) is 25.2 Å². The van der Waals surface area contributed by atoms with Crippen molar-refractivity contribution in [2.75, 3.05) is 37.9 Å². The lowest BCUT2D eigenvalue weighted by molar-refractivity contribution is 0.355. The molecule has 1 atom stereocenters. The molecule has 2 N–H and O–H groups in total. The van der Waals surface area contributed by atoms with E-state index < -0.39 is 0 Å². The summed E-state index contributed by atoms with van der Waals surface area (Å²) in [6, 6.07) is 3.87. The van der Waals surface area contributed by atoms with E-state index in [1.165, 1.54) is 32.1 Å². The number of methoxy groups -OCH3 is 2. The minimum Gasteiger partial charge on any atom is -0.493 e. The van der Waals surface area contributed by atoms with Crippen molar-refractivity contribution in [2.24, 2.45) is 5.92 Å². The highest BCUT2D eigenvalue weighted by atomic mass is 16.5. The molecule has 0 aliphatic carbocycles. The Kier molecular flexibility index (Phi) is 5.59. The van der Waals surface area contributed by atoms with Crippen LogP contribution in [-0.2, 0) is 0 Å². The van der Waals surface area contributed by atoms with E-state index in [4.69, 9.17) is 15.2 Å². The summed E-state index contributed by atoms with van der Waals surface area (Å²) in [5, 5.41) is 0. The van der Waals surface area contributed by atoms with Crippen molar-refractivity contribution in [3.8, 4) is 11.5 Å². The van der Waals surface area contributed by atoms with Crippen LogP contribution in [0, 0.1) is 5.92 Å². The third-order valence-electron chi connectivity index (χ3n) is 4.42. The highest BCUT2D eigenvalue weighted by molar-refractivity contribution is 5.73. The Morgan fingerprint density at radius 1 is 1.14 bits per heavy atom. The number of anilines is 2. The summed E-state index contributed by atoms with van der Waals surface area (Å²) in [6.45, 7) is 4.42. The zero-order valence-electron chi connectivity index (χ0n) is 13.5. The van der Waals surface area contributed by atoms with Gasteiger partial charge in [-0.05, 0) is 25.2 Å². The van der Waals surface area contributed by atoms with Crippen LogP contribution in [-0.4, -0.2) is 27.3 Å². The molecule has 0 aromatic heterocycles. The fraction of sp³-hybridized carbons (Fsp3) is 0.647. The van der Waals surface area contributed by atoms with Gasteiger partial charge in [-0.2, -0.15) is 0 Å². The molecule has 4 nitrogen and oxygen atoms in total. The van der Waals surface area contributed by atoms with Crippen molar-refractivity contribution in [2.45, 2.75) is 39.0 Å². The summed E-state index contributed by atoms with van der Waals surface area (Å²) in [5.41, 5.74) is 8.06. The predicted octanol–water partition coefficient (Wildman–Crippen LogP) is 3.69. The second-order valence-electron chi connectivity index (χ2n) is 5.84.